The van der Waals surface area contributed by atoms with Crippen molar-refractivity contribution in [3.63, 3.8) is 0 Å². The summed E-state index contributed by atoms with van der Waals surface area (Å²) < 4.78 is 25.1. The van der Waals surface area contributed by atoms with Crippen molar-refractivity contribution in [3.05, 3.63) is 38.9 Å². The summed E-state index contributed by atoms with van der Waals surface area (Å²) in [6.07, 6.45) is 2.62. The monoisotopic (exact) mass is 388 g/mol. The van der Waals surface area contributed by atoms with E-state index in [0.717, 1.165) is 10.9 Å². The van der Waals surface area contributed by atoms with Crippen LogP contribution in [0.15, 0.2) is 22.0 Å². The predicted octanol–water partition coefficient (Wildman–Crippen LogP) is -0.454. The van der Waals surface area contributed by atoms with E-state index >= 15 is 0 Å². The number of aliphatic hydroxyl groups is 1. The number of aliphatic hydroxyl groups excluding tert-OH is 1. The number of nitrogens with one attached hydrogen (secondary N) is 1. The number of rotatable bonds is 10. The quantitative estimate of drug-likeness (QED) is 0.515. The van der Waals surface area contributed by atoms with Crippen molar-refractivity contribution >= 4 is 7.60 Å². The van der Waals surface area contributed by atoms with Gasteiger partial charge in [0.15, 0.2) is 5.85 Å². The van der Waals surface area contributed by atoms with E-state index in [-0.39, 0.29) is 32.7 Å². The Morgan fingerprint density at radius 1 is 1.31 bits per heavy atom. The van der Waals surface area contributed by atoms with Crippen LogP contribution in [0, 0.1) is 0 Å². The molecular weight excluding hydrogens is 367 g/mol. The van der Waals surface area contributed by atoms with Crippen LogP contribution in [0.1, 0.15) is 26.0 Å². The van der Waals surface area contributed by atoms with E-state index in [0.29, 0.717) is 5.69 Å². The molecule has 13 heteroatoms. The molecule has 1 unspecified atom stereocenters. The van der Waals surface area contributed by atoms with Crippen LogP contribution in [0.4, 0.5) is 0 Å². The molecule has 1 atom stereocenters. The zero-order chi connectivity index (χ0) is 19.2. The summed E-state index contributed by atoms with van der Waals surface area (Å²) in [4.78, 5) is 24.7. The number of H-pyrrole nitrogens is 1. The van der Waals surface area contributed by atoms with Gasteiger partial charge in [0.1, 0.15) is 11.9 Å². The molecule has 0 saturated heterocycles. The second-order valence-electron chi connectivity index (χ2n) is 5.21. The first-order valence-corrected chi connectivity index (χ1v) is 9.61. The molecule has 0 aromatic carbocycles. The van der Waals surface area contributed by atoms with Gasteiger partial charge in [-0.25, -0.2) is 9.48 Å². The van der Waals surface area contributed by atoms with Crippen molar-refractivity contribution in [1.82, 2.24) is 29.8 Å². The highest BCUT2D eigenvalue weighted by molar-refractivity contribution is 7.54. The molecule has 2 aromatic heterocycles. The van der Waals surface area contributed by atoms with Crippen LogP contribution in [-0.2, 0) is 26.7 Å². The van der Waals surface area contributed by atoms with Gasteiger partial charge in [-0.05, 0) is 13.8 Å². The molecule has 0 radical (unpaired) electrons. The highest BCUT2D eigenvalue weighted by atomic mass is 31.2. The van der Waals surface area contributed by atoms with Gasteiger partial charge in [0.2, 0.25) is 0 Å². The molecule has 0 bridgehead atoms. The second-order valence-corrected chi connectivity index (χ2v) is 7.41. The summed E-state index contributed by atoms with van der Waals surface area (Å²) in [5.74, 6) is -1.29. The molecule has 2 aromatic rings. The van der Waals surface area contributed by atoms with Crippen LogP contribution >= 0.6 is 7.60 Å². The maximum atomic E-state index is 12.4. The Bertz CT molecular complexity index is 866. The molecule has 2 N–H and O–H groups in total. The van der Waals surface area contributed by atoms with E-state index in [1.807, 2.05) is 0 Å². The third-order valence-electron chi connectivity index (χ3n) is 3.28. The largest absolute Gasteiger partial charge is 0.380 e. The fourth-order valence-electron chi connectivity index (χ4n) is 2.14. The number of hydrogen-bond donors (Lipinski definition) is 2. The van der Waals surface area contributed by atoms with Gasteiger partial charge in [-0.2, -0.15) is 5.10 Å². The Morgan fingerprint density at radius 2 is 2.00 bits per heavy atom. The minimum Gasteiger partial charge on any atom is -0.380 e. The molecule has 0 spiro atoms. The van der Waals surface area contributed by atoms with Gasteiger partial charge >= 0.3 is 13.3 Å². The molecule has 0 saturated carbocycles. The fraction of sp³-hybridized carbons (Fsp3) is 0.615. The highest BCUT2D eigenvalue weighted by Crippen LogP contribution is 2.53. The van der Waals surface area contributed by atoms with Crippen molar-refractivity contribution < 1.29 is 18.7 Å². The lowest BCUT2D eigenvalue weighted by Crippen LogP contribution is -2.31. The van der Waals surface area contributed by atoms with E-state index in [1.165, 1.54) is 4.68 Å². The zero-order valence-corrected chi connectivity index (χ0v) is 15.3. The average molecular weight is 388 g/mol. The summed E-state index contributed by atoms with van der Waals surface area (Å²) in [5, 5.41) is 21.6. The second kappa shape index (κ2) is 8.99. The standard InChI is InChI=1S/C13H21N6O6P/c1-3-24-26(23,25-4-2)12(21)5-6-18-8-10(16-17-18)9-19-13(22)15-11(20)7-14-19/h7-8,12,21H,3-6,9H2,1-2H3,(H,15,20,22). The number of aryl methyl sites for hydroxylation is 1. The Morgan fingerprint density at radius 3 is 2.62 bits per heavy atom. The molecule has 0 amide bonds. The SMILES string of the molecule is CCOP(=O)(OCC)C(O)CCn1cc(Cn2ncc(=O)[nH]c2=O)nn1. The van der Waals surface area contributed by atoms with Gasteiger partial charge in [0.25, 0.3) is 5.56 Å². The summed E-state index contributed by atoms with van der Waals surface area (Å²) in [5.41, 5.74) is -0.812. The summed E-state index contributed by atoms with van der Waals surface area (Å²) in [7, 11) is -3.60. The molecule has 0 aliphatic heterocycles. The normalized spacial score (nSPS) is 13.0. The Kier molecular flexibility index (Phi) is 6.98. The van der Waals surface area contributed by atoms with Gasteiger partial charge < -0.3 is 14.2 Å². The summed E-state index contributed by atoms with van der Waals surface area (Å²) in [6.45, 7) is 3.87. The molecule has 0 fully saturated rings. The van der Waals surface area contributed by atoms with E-state index in [9.17, 15) is 19.3 Å². The van der Waals surface area contributed by atoms with Crippen LogP contribution in [0.3, 0.4) is 0 Å². The lowest BCUT2D eigenvalue weighted by atomic mass is 10.4. The van der Waals surface area contributed by atoms with E-state index in [2.05, 4.69) is 20.4 Å². The van der Waals surface area contributed by atoms with Gasteiger partial charge in [0, 0.05) is 13.0 Å². The van der Waals surface area contributed by atoms with Crippen LogP contribution in [-0.4, -0.2) is 53.9 Å². The highest BCUT2D eigenvalue weighted by Gasteiger charge is 2.33. The lowest BCUT2D eigenvalue weighted by Gasteiger charge is -2.22. The number of nitrogens with zero attached hydrogens (tertiary/aromatic N) is 5. The zero-order valence-electron chi connectivity index (χ0n) is 14.4. The molecule has 2 rings (SSSR count). The van der Waals surface area contributed by atoms with Gasteiger partial charge in [-0.3, -0.25) is 19.0 Å². The Hall–Kier alpha value is -2.14. The Labute approximate surface area is 148 Å². The molecule has 12 nitrogen and oxygen atoms in total. The number of aromatic amines is 1. The third kappa shape index (κ3) is 5.18. The lowest BCUT2D eigenvalue weighted by molar-refractivity contribution is 0.140. The predicted molar refractivity (Wildman–Crippen MR) is 89.7 cm³/mol. The number of hydrogen-bond acceptors (Lipinski definition) is 9. The van der Waals surface area contributed by atoms with Crippen molar-refractivity contribution in [2.24, 2.45) is 0 Å². The number of aromatic nitrogens is 6. The minimum absolute atomic E-state index is 0.0224. The first kappa shape index (κ1) is 20.2. The van der Waals surface area contributed by atoms with Crippen molar-refractivity contribution in [1.29, 1.82) is 0 Å². The molecule has 0 aliphatic carbocycles. The summed E-state index contributed by atoms with van der Waals surface area (Å²) >= 11 is 0. The maximum absolute atomic E-state index is 12.4. The van der Waals surface area contributed by atoms with E-state index in [1.54, 1.807) is 20.0 Å². The van der Waals surface area contributed by atoms with Gasteiger partial charge in [-0.1, -0.05) is 5.21 Å². The van der Waals surface area contributed by atoms with Crippen LogP contribution in [0.2, 0.25) is 0 Å². The first-order valence-electron chi connectivity index (χ1n) is 8.00. The summed E-state index contributed by atoms with van der Waals surface area (Å²) in [6, 6.07) is 0. The fourth-order valence-corrected chi connectivity index (χ4v) is 3.71. The van der Waals surface area contributed by atoms with Crippen LogP contribution in [0.5, 0.6) is 0 Å². The van der Waals surface area contributed by atoms with Crippen LogP contribution < -0.4 is 11.2 Å². The topological polar surface area (TPSA) is 154 Å². The van der Waals surface area contributed by atoms with Crippen molar-refractivity contribution in [2.75, 3.05) is 13.2 Å². The average Bonchev–Trinajstić information content (AvgIpc) is 3.03. The molecule has 0 aliphatic rings. The molecule has 144 valence electrons. The van der Waals surface area contributed by atoms with Crippen LogP contribution in [0.25, 0.3) is 0 Å². The first-order chi connectivity index (χ1) is 12.4. The molecular formula is C13H21N6O6P. The van der Waals surface area contributed by atoms with Gasteiger partial charge in [0.05, 0.1) is 26.0 Å². The molecule has 26 heavy (non-hydrogen) atoms. The van der Waals surface area contributed by atoms with Crippen molar-refractivity contribution in [2.45, 2.75) is 39.2 Å². The maximum Gasteiger partial charge on any atom is 0.358 e. The van der Waals surface area contributed by atoms with E-state index < -0.39 is 24.7 Å². The minimum atomic E-state index is -3.60. The van der Waals surface area contributed by atoms with Gasteiger partial charge in [-0.15, -0.1) is 5.10 Å². The third-order valence-corrected chi connectivity index (χ3v) is 5.50. The van der Waals surface area contributed by atoms with Crippen molar-refractivity contribution in [3.8, 4) is 0 Å². The smallest absolute Gasteiger partial charge is 0.358 e. The van der Waals surface area contributed by atoms with E-state index in [4.69, 9.17) is 9.05 Å². The Balaban J connectivity index is 1.98. The molecule has 2 heterocycles.